The van der Waals surface area contributed by atoms with Crippen molar-refractivity contribution in [1.29, 1.82) is 0 Å². The first-order valence-corrected chi connectivity index (χ1v) is 9.03. The molecule has 0 bridgehead atoms. The summed E-state index contributed by atoms with van der Waals surface area (Å²) in [6, 6.07) is 5.78. The number of carbonyl (C=O) groups is 2. The normalized spacial score (nSPS) is 15.8. The lowest BCUT2D eigenvalue weighted by atomic mass is 9.82. The molecule has 5 heteroatoms. The molecule has 142 valence electrons. The van der Waals surface area contributed by atoms with Crippen LogP contribution in [0.25, 0.3) is 10.8 Å². The number of ether oxygens (including phenoxy) is 3. The highest BCUT2D eigenvalue weighted by atomic mass is 16.7. The van der Waals surface area contributed by atoms with E-state index in [1.54, 1.807) is 6.92 Å². The predicted octanol–water partition coefficient (Wildman–Crippen LogP) is 4.90. The zero-order valence-corrected chi connectivity index (χ0v) is 16.2. The standard InChI is InChI=1S/C22H24O5/c1-12(2)21(23)26-19-15-8-6-14(4)11-18(15)20(27-22(24)25-5)16-9-7-13(3)10-17(16)19/h6,8,11,13H,1,7,9-10H2,2-5H3. The highest BCUT2D eigenvalue weighted by molar-refractivity contribution is 6.00. The fourth-order valence-electron chi connectivity index (χ4n) is 3.50. The molecule has 0 amide bonds. The van der Waals surface area contributed by atoms with Gasteiger partial charge in [-0.15, -0.1) is 0 Å². The van der Waals surface area contributed by atoms with Crippen molar-refractivity contribution in [2.45, 2.75) is 40.0 Å². The van der Waals surface area contributed by atoms with Crippen LogP contribution in [0.1, 0.15) is 37.0 Å². The number of hydrogen-bond acceptors (Lipinski definition) is 5. The smallest absolute Gasteiger partial charge is 0.437 e. The summed E-state index contributed by atoms with van der Waals surface area (Å²) in [7, 11) is 1.29. The number of esters is 1. The predicted molar refractivity (Wildman–Crippen MR) is 103 cm³/mol. The molecule has 1 atom stereocenters. The Morgan fingerprint density at radius 2 is 1.81 bits per heavy atom. The van der Waals surface area contributed by atoms with Gasteiger partial charge < -0.3 is 14.2 Å². The Kier molecular flexibility index (Phi) is 5.22. The number of benzene rings is 2. The van der Waals surface area contributed by atoms with Gasteiger partial charge in [0.15, 0.2) is 0 Å². The maximum atomic E-state index is 12.3. The van der Waals surface area contributed by atoms with Crippen LogP contribution in [0.15, 0.2) is 30.4 Å². The second-order valence-electron chi connectivity index (χ2n) is 7.24. The largest absolute Gasteiger partial charge is 0.513 e. The van der Waals surface area contributed by atoms with E-state index in [0.29, 0.717) is 23.0 Å². The van der Waals surface area contributed by atoms with E-state index in [4.69, 9.17) is 14.2 Å². The van der Waals surface area contributed by atoms with Crippen molar-refractivity contribution in [2.75, 3.05) is 7.11 Å². The average molecular weight is 368 g/mol. The lowest BCUT2D eigenvalue weighted by Gasteiger charge is -2.27. The molecule has 0 fully saturated rings. The Bertz CT molecular complexity index is 942. The lowest BCUT2D eigenvalue weighted by molar-refractivity contribution is -0.130. The summed E-state index contributed by atoms with van der Waals surface area (Å²) in [4.78, 5) is 24.1. The highest BCUT2D eigenvalue weighted by Crippen LogP contribution is 2.45. The number of hydrogen-bond donors (Lipinski definition) is 0. The van der Waals surface area contributed by atoms with Gasteiger partial charge in [0.1, 0.15) is 11.5 Å². The minimum absolute atomic E-state index is 0.336. The molecule has 1 unspecified atom stereocenters. The van der Waals surface area contributed by atoms with Gasteiger partial charge in [-0.3, -0.25) is 0 Å². The van der Waals surface area contributed by atoms with E-state index < -0.39 is 12.1 Å². The SMILES string of the molecule is C=C(C)C(=O)Oc1c2c(c(OC(=O)OC)c3cc(C)ccc13)CCC(C)C2. The molecule has 0 heterocycles. The summed E-state index contributed by atoms with van der Waals surface area (Å²) >= 11 is 0. The molecule has 0 aromatic heterocycles. The van der Waals surface area contributed by atoms with Crippen LogP contribution in [0.3, 0.4) is 0 Å². The molecular weight excluding hydrogens is 344 g/mol. The maximum absolute atomic E-state index is 12.3. The first-order chi connectivity index (χ1) is 12.8. The molecule has 0 saturated carbocycles. The topological polar surface area (TPSA) is 61.8 Å². The monoisotopic (exact) mass is 368 g/mol. The molecule has 5 nitrogen and oxygen atoms in total. The molecule has 1 aliphatic carbocycles. The van der Waals surface area contributed by atoms with Crippen LogP contribution < -0.4 is 9.47 Å². The molecule has 0 spiro atoms. The number of methoxy groups -OCH3 is 1. The van der Waals surface area contributed by atoms with Gasteiger partial charge in [-0.1, -0.05) is 31.2 Å². The molecule has 2 aromatic carbocycles. The minimum atomic E-state index is -0.759. The van der Waals surface area contributed by atoms with Crippen LogP contribution in [0.2, 0.25) is 0 Å². The highest BCUT2D eigenvalue weighted by Gasteiger charge is 2.29. The second kappa shape index (κ2) is 7.43. The summed E-state index contributed by atoms with van der Waals surface area (Å²) < 4.78 is 16.0. The van der Waals surface area contributed by atoms with Crippen LogP contribution in [-0.2, 0) is 22.4 Å². The number of carbonyl (C=O) groups excluding carboxylic acids is 2. The fourth-order valence-corrected chi connectivity index (χ4v) is 3.50. The van der Waals surface area contributed by atoms with E-state index in [2.05, 4.69) is 13.5 Å². The van der Waals surface area contributed by atoms with Gasteiger partial charge in [-0.25, -0.2) is 9.59 Å². The summed E-state index contributed by atoms with van der Waals surface area (Å²) in [6.45, 7) is 9.42. The fraction of sp³-hybridized carbons (Fsp3) is 0.364. The molecule has 3 rings (SSSR count). The first-order valence-electron chi connectivity index (χ1n) is 9.03. The van der Waals surface area contributed by atoms with Gasteiger partial charge in [0.25, 0.3) is 0 Å². The molecule has 27 heavy (non-hydrogen) atoms. The first kappa shape index (κ1) is 19.0. The summed E-state index contributed by atoms with van der Waals surface area (Å²) in [5.74, 6) is 1.02. The third-order valence-electron chi connectivity index (χ3n) is 4.91. The van der Waals surface area contributed by atoms with Crippen molar-refractivity contribution < 1.29 is 23.8 Å². The van der Waals surface area contributed by atoms with Crippen LogP contribution >= 0.6 is 0 Å². The third kappa shape index (κ3) is 3.68. The van der Waals surface area contributed by atoms with Gasteiger partial charge in [0.2, 0.25) is 0 Å². The van der Waals surface area contributed by atoms with Crippen molar-refractivity contribution in [3.8, 4) is 11.5 Å². The number of rotatable bonds is 3. The Balaban J connectivity index is 2.31. The van der Waals surface area contributed by atoms with Gasteiger partial charge in [-0.05, 0) is 45.1 Å². The third-order valence-corrected chi connectivity index (χ3v) is 4.91. The molecule has 0 aliphatic heterocycles. The molecule has 1 aliphatic rings. The van der Waals surface area contributed by atoms with Crippen LogP contribution in [0.4, 0.5) is 4.79 Å². The second-order valence-corrected chi connectivity index (χ2v) is 7.24. The zero-order chi connectivity index (χ0) is 19.7. The van der Waals surface area contributed by atoms with Crippen LogP contribution in [0, 0.1) is 12.8 Å². The van der Waals surface area contributed by atoms with Gasteiger partial charge in [0.05, 0.1) is 7.11 Å². The van der Waals surface area contributed by atoms with E-state index in [0.717, 1.165) is 46.7 Å². The Hall–Kier alpha value is -2.82. The zero-order valence-electron chi connectivity index (χ0n) is 16.2. The molecule has 2 aromatic rings. The van der Waals surface area contributed by atoms with Crippen LogP contribution in [-0.4, -0.2) is 19.2 Å². The molecule has 0 radical (unpaired) electrons. The van der Waals surface area contributed by atoms with E-state index in [9.17, 15) is 9.59 Å². The summed E-state index contributed by atoms with van der Waals surface area (Å²) in [6.07, 6.45) is 1.69. The van der Waals surface area contributed by atoms with Crippen molar-refractivity contribution in [2.24, 2.45) is 5.92 Å². The number of fused-ring (bicyclic) bond motifs is 2. The average Bonchev–Trinajstić information content (AvgIpc) is 2.63. The maximum Gasteiger partial charge on any atom is 0.513 e. The summed E-state index contributed by atoms with van der Waals surface area (Å²) in [5.41, 5.74) is 3.17. The van der Waals surface area contributed by atoms with Crippen molar-refractivity contribution in [3.05, 3.63) is 47.0 Å². The Labute approximate surface area is 158 Å². The molecular formula is C22H24O5. The minimum Gasteiger partial charge on any atom is -0.437 e. The Morgan fingerprint density at radius 1 is 1.11 bits per heavy atom. The quantitative estimate of drug-likeness (QED) is 0.334. The van der Waals surface area contributed by atoms with Gasteiger partial charge >= 0.3 is 12.1 Å². The van der Waals surface area contributed by atoms with E-state index in [-0.39, 0.29) is 0 Å². The van der Waals surface area contributed by atoms with Crippen LogP contribution in [0.5, 0.6) is 11.5 Å². The van der Waals surface area contributed by atoms with E-state index >= 15 is 0 Å². The number of aryl methyl sites for hydroxylation is 1. The summed E-state index contributed by atoms with van der Waals surface area (Å²) in [5, 5.41) is 1.47. The van der Waals surface area contributed by atoms with E-state index in [1.807, 2.05) is 25.1 Å². The molecule has 0 N–H and O–H groups in total. The van der Waals surface area contributed by atoms with Crippen molar-refractivity contribution in [1.82, 2.24) is 0 Å². The van der Waals surface area contributed by atoms with E-state index in [1.165, 1.54) is 7.11 Å². The lowest BCUT2D eigenvalue weighted by Crippen LogP contribution is -2.19. The Morgan fingerprint density at radius 3 is 2.48 bits per heavy atom. The van der Waals surface area contributed by atoms with Gasteiger partial charge in [0, 0.05) is 27.5 Å². The van der Waals surface area contributed by atoms with Crippen molar-refractivity contribution >= 4 is 22.9 Å². The molecule has 0 saturated heterocycles. The van der Waals surface area contributed by atoms with Crippen molar-refractivity contribution in [3.63, 3.8) is 0 Å². The van der Waals surface area contributed by atoms with Gasteiger partial charge in [-0.2, -0.15) is 0 Å².